The van der Waals surface area contributed by atoms with E-state index in [0.29, 0.717) is 25.2 Å². The van der Waals surface area contributed by atoms with E-state index in [-0.39, 0.29) is 10.7 Å². The van der Waals surface area contributed by atoms with Gasteiger partial charge in [-0.1, -0.05) is 0 Å². The average Bonchev–Trinajstić information content (AvgIpc) is 2.86. The van der Waals surface area contributed by atoms with E-state index in [2.05, 4.69) is 5.32 Å². The molecular formula is C12H17FN2O2S. The van der Waals surface area contributed by atoms with Crippen molar-refractivity contribution in [3.63, 3.8) is 0 Å². The van der Waals surface area contributed by atoms with Gasteiger partial charge in [-0.2, -0.15) is 4.31 Å². The predicted octanol–water partition coefficient (Wildman–Crippen LogP) is 1.33. The summed E-state index contributed by atoms with van der Waals surface area (Å²) in [6.07, 6.45) is 1.79. The van der Waals surface area contributed by atoms with Crippen LogP contribution in [0.2, 0.25) is 0 Å². The molecule has 1 aromatic rings. The number of nitrogens with zero attached hydrogens (tertiary/aromatic N) is 1. The van der Waals surface area contributed by atoms with E-state index in [4.69, 9.17) is 0 Å². The van der Waals surface area contributed by atoms with Crippen molar-refractivity contribution >= 4 is 10.0 Å². The predicted molar refractivity (Wildman–Crippen MR) is 67.2 cm³/mol. The van der Waals surface area contributed by atoms with E-state index in [1.165, 1.54) is 22.5 Å². The van der Waals surface area contributed by atoms with Crippen LogP contribution in [0.15, 0.2) is 23.1 Å². The number of rotatable bonds is 4. The molecule has 1 aliphatic heterocycles. The third kappa shape index (κ3) is 2.55. The molecule has 6 heteroatoms. The maximum Gasteiger partial charge on any atom is 0.243 e. The molecule has 1 fully saturated rings. The van der Waals surface area contributed by atoms with Crippen molar-refractivity contribution in [2.75, 3.05) is 20.1 Å². The van der Waals surface area contributed by atoms with Gasteiger partial charge in [0.25, 0.3) is 0 Å². The molecule has 0 aromatic heterocycles. The second-order valence-electron chi connectivity index (χ2n) is 4.39. The molecule has 0 bridgehead atoms. The van der Waals surface area contributed by atoms with Gasteiger partial charge in [0, 0.05) is 25.2 Å². The highest BCUT2D eigenvalue weighted by atomic mass is 32.2. The lowest BCUT2D eigenvalue weighted by Gasteiger charge is -2.16. The molecule has 100 valence electrons. The Kier molecular flexibility index (Phi) is 3.99. The maximum absolute atomic E-state index is 13.5. The third-order valence-corrected chi connectivity index (χ3v) is 4.98. The fraction of sp³-hybridized carbons (Fsp3) is 0.500. The lowest BCUT2D eigenvalue weighted by molar-refractivity contribution is 0.477. The molecular weight excluding hydrogens is 255 g/mol. The quantitative estimate of drug-likeness (QED) is 0.899. The Labute approximate surface area is 107 Å². The Balaban J connectivity index is 2.35. The fourth-order valence-electron chi connectivity index (χ4n) is 2.12. The first kappa shape index (κ1) is 13.5. The Hall–Kier alpha value is -0.980. The summed E-state index contributed by atoms with van der Waals surface area (Å²) >= 11 is 0. The molecule has 0 spiro atoms. The van der Waals surface area contributed by atoms with E-state index in [1.807, 2.05) is 0 Å². The summed E-state index contributed by atoms with van der Waals surface area (Å²) in [4.78, 5) is 0.177. The summed E-state index contributed by atoms with van der Waals surface area (Å²) in [5.41, 5.74) is 0.373. The zero-order valence-corrected chi connectivity index (χ0v) is 11.1. The molecule has 0 radical (unpaired) electrons. The van der Waals surface area contributed by atoms with Gasteiger partial charge in [-0.25, -0.2) is 12.8 Å². The van der Waals surface area contributed by atoms with E-state index in [1.54, 1.807) is 7.05 Å². The molecule has 0 saturated carbocycles. The number of hydrogen-bond donors (Lipinski definition) is 1. The van der Waals surface area contributed by atoms with Crippen LogP contribution in [0.3, 0.4) is 0 Å². The molecule has 0 amide bonds. The number of benzene rings is 1. The molecule has 4 nitrogen and oxygen atoms in total. The van der Waals surface area contributed by atoms with Crippen molar-refractivity contribution < 1.29 is 12.8 Å². The summed E-state index contributed by atoms with van der Waals surface area (Å²) in [5.74, 6) is -0.385. The van der Waals surface area contributed by atoms with E-state index < -0.39 is 10.0 Å². The van der Waals surface area contributed by atoms with Gasteiger partial charge in [-0.05, 0) is 38.1 Å². The van der Waals surface area contributed by atoms with Crippen LogP contribution in [0.4, 0.5) is 4.39 Å². The van der Waals surface area contributed by atoms with Gasteiger partial charge in [0.1, 0.15) is 5.82 Å². The van der Waals surface area contributed by atoms with Gasteiger partial charge in [-0.3, -0.25) is 0 Å². The SMILES string of the molecule is CNCc1cc(S(=O)(=O)N2CCCC2)ccc1F. The van der Waals surface area contributed by atoms with Crippen molar-refractivity contribution in [3.8, 4) is 0 Å². The van der Waals surface area contributed by atoms with Crippen LogP contribution in [0.25, 0.3) is 0 Å². The Morgan fingerprint density at radius 3 is 2.61 bits per heavy atom. The van der Waals surface area contributed by atoms with Gasteiger partial charge in [0.15, 0.2) is 0 Å². The first-order valence-corrected chi connectivity index (χ1v) is 7.43. The summed E-state index contributed by atoms with van der Waals surface area (Å²) in [6, 6.07) is 3.97. The number of nitrogens with one attached hydrogen (secondary N) is 1. The molecule has 0 unspecified atom stereocenters. The van der Waals surface area contributed by atoms with Crippen molar-refractivity contribution in [1.29, 1.82) is 0 Å². The first-order chi connectivity index (χ1) is 8.55. The van der Waals surface area contributed by atoms with E-state index in [0.717, 1.165) is 12.8 Å². The van der Waals surface area contributed by atoms with Crippen LogP contribution >= 0.6 is 0 Å². The summed E-state index contributed by atoms with van der Waals surface area (Å²) in [5, 5.41) is 2.82. The van der Waals surface area contributed by atoms with Crippen LogP contribution < -0.4 is 5.32 Å². The summed E-state index contributed by atoms with van der Waals surface area (Å²) in [6.45, 7) is 1.43. The standard InChI is InChI=1S/C12H17FN2O2S/c1-14-9-10-8-11(4-5-12(10)13)18(16,17)15-6-2-3-7-15/h4-5,8,14H,2-3,6-7,9H2,1H3. The van der Waals surface area contributed by atoms with Gasteiger partial charge in [-0.15, -0.1) is 0 Å². The highest BCUT2D eigenvalue weighted by molar-refractivity contribution is 7.89. The lowest BCUT2D eigenvalue weighted by Crippen LogP contribution is -2.28. The molecule has 2 rings (SSSR count). The van der Waals surface area contributed by atoms with E-state index in [9.17, 15) is 12.8 Å². The highest BCUT2D eigenvalue weighted by Crippen LogP contribution is 2.22. The highest BCUT2D eigenvalue weighted by Gasteiger charge is 2.27. The van der Waals surface area contributed by atoms with Crippen molar-refractivity contribution in [2.24, 2.45) is 0 Å². The molecule has 1 saturated heterocycles. The second kappa shape index (κ2) is 5.34. The number of sulfonamides is 1. The van der Waals surface area contributed by atoms with Crippen LogP contribution in [0, 0.1) is 5.82 Å². The maximum atomic E-state index is 13.5. The minimum absolute atomic E-state index is 0.177. The lowest BCUT2D eigenvalue weighted by atomic mass is 10.2. The average molecular weight is 272 g/mol. The third-order valence-electron chi connectivity index (χ3n) is 3.09. The van der Waals surface area contributed by atoms with Gasteiger partial charge >= 0.3 is 0 Å². The zero-order valence-electron chi connectivity index (χ0n) is 10.3. The number of halogens is 1. The minimum Gasteiger partial charge on any atom is -0.316 e. The molecule has 0 aliphatic carbocycles. The minimum atomic E-state index is -3.46. The summed E-state index contributed by atoms with van der Waals surface area (Å²) in [7, 11) is -1.76. The first-order valence-electron chi connectivity index (χ1n) is 5.99. The monoisotopic (exact) mass is 272 g/mol. The Morgan fingerprint density at radius 1 is 1.33 bits per heavy atom. The summed E-state index contributed by atoms with van der Waals surface area (Å²) < 4.78 is 39.5. The van der Waals surface area contributed by atoms with Crippen molar-refractivity contribution in [1.82, 2.24) is 9.62 Å². The normalized spacial score (nSPS) is 17.2. The number of hydrogen-bond acceptors (Lipinski definition) is 3. The largest absolute Gasteiger partial charge is 0.316 e. The van der Waals surface area contributed by atoms with Gasteiger partial charge in [0.05, 0.1) is 4.90 Å². The van der Waals surface area contributed by atoms with Gasteiger partial charge in [0.2, 0.25) is 10.0 Å². The molecule has 18 heavy (non-hydrogen) atoms. The Morgan fingerprint density at radius 2 is 2.00 bits per heavy atom. The van der Waals surface area contributed by atoms with Crippen LogP contribution in [-0.2, 0) is 16.6 Å². The smallest absolute Gasteiger partial charge is 0.243 e. The van der Waals surface area contributed by atoms with E-state index >= 15 is 0 Å². The van der Waals surface area contributed by atoms with Crippen LogP contribution in [0.1, 0.15) is 18.4 Å². The van der Waals surface area contributed by atoms with Crippen molar-refractivity contribution in [3.05, 3.63) is 29.6 Å². The van der Waals surface area contributed by atoms with Crippen LogP contribution in [0.5, 0.6) is 0 Å². The van der Waals surface area contributed by atoms with Gasteiger partial charge < -0.3 is 5.32 Å². The molecule has 1 aliphatic rings. The van der Waals surface area contributed by atoms with Crippen LogP contribution in [-0.4, -0.2) is 32.9 Å². The molecule has 1 aromatic carbocycles. The fourth-order valence-corrected chi connectivity index (χ4v) is 3.68. The molecule has 0 atom stereocenters. The topological polar surface area (TPSA) is 49.4 Å². The molecule has 1 heterocycles. The molecule has 1 N–H and O–H groups in total. The zero-order chi connectivity index (χ0) is 13.2. The Bertz CT molecular complexity index is 525. The van der Waals surface area contributed by atoms with Crippen molar-refractivity contribution in [2.45, 2.75) is 24.3 Å². The second-order valence-corrected chi connectivity index (χ2v) is 6.33.